The lowest BCUT2D eigenvalue weighted by Gasteiger charge is -2.22. The zero-order valence-electron chi connectivity index (χ0n) is 17.4. The zero-order chi connectivity index (χ0) is 20.1. The van der Waals surface area contributed by atoms with Crippen LogP contribution in [0.25, 0.3) is 0 Å². The van der Waals surface area contributed by atoms with Gasteiger partial charge < -0.3 is 43.0 Å². The molecule has 0 rings (SSSR count). The van der Waals surface area contributed by atoms with Gasteiger partial charge in [0.15, 0.2) is 0 Å². The first-order valence-electron chi connectivity index (χ1n) is 9.71. The van der Waals surface area contributed by atoms with Gasteiger partial charge in [0.2, 0.25) is 0 Å². The summed E-state index contributed by atoms with van der Waals surface area (Å²) in [7, 11) is 0. The Morgan fingerprint density at radius 1 is 0.692 bits per heavy atom. The van der Waals surface area contributed by atoms with Gasteiger partial charge in [-0.3, -0.25) is 0 Å². The second-order valence-corrected chi connectivity index (χ2v) is 8.46. The van der Waals surface area contributed by atoms with Gasteiger partial charge in [0.05, 0.1) is 12.3 Å². The molecule has 10 N–H and O–H groups in total. The average Bonchev–Trinajstić information content (AvgIpc) is 2.51. The fourth-order valence-corrected chi connectivity index (χ4v) is 2.03. The molecule has 0 aliphatic heterocycles. The molecule has 2 atom stereocenters. The van der Waals surface area contributed by atoms with E-state index in [0.29, 0.717) is 26.3 Å². The molecule has 2 unspecified atom stereocenters. The van der Waals surface area contributed by atoms with Gasteiger partial charge in [-0.2, -0.15) is 0 Å². The van der Waals surface area contributed by atoms with Crippen molar-refractivity contribution < 1.29 is 9.47 Å². The van der Waals surface area contributed by atoms with Gasteiger partial charge in [0, 0.05) is 50.6 Å². The summed E-state index contributed by atoms with van der Waals surface area (Å²) in [4.78, 5) is 0. The molecule has 0 amide bonds. The Balaban J connectivity index is 3.34. The van der Waals surface area contributed by atoms with Gasteiger partial charge in [-0.05, 0) is 53.4 Å². The van der Waals surface area contributed by atoms with Crippen LogP contribution in [0.1, 0.15) is 53.4 Å². The molecule has 158 valence electrons. The fraction of sp³-hybridized carbons (Fsp3) is 1.00. The lowest BCUT2D eigenvalue weighted by atomic mass is 10.1. The minimum atomic E-state index is -0.251. The Morgan fingerprint density at radius 2 is 1.04 bits per heavy atom. The largest absolute Gasteiger partial charge is 0.381 e. The first kappa shape index (κ1) is 25.7. The van der Waals surface area contributed by atoms with Gasteiger partial charge in [-0.15, -0.1) is 0 Å². The number of unbranched alkanes of at least 4 members (excludes halogenated alkanes) is 1. The summed E-state index contributed by atoms with van der Waals surface area (Å²) >= 11 is 0. The van der Waals surface area contributed by atoms with Crippen molar-refractivity contribution in [3.8, 4) is 0 Å². The van der Waals surface area contributed by atoms with Crippen LogP contribution in [-0.4, -0.2) is 62.9 Å². The third kappa shape index (κ3) is 20.0. The maximum atomic E-state index is 5.96. The monoisotopic (exact) mass is 376 g/mol. The van der Waals surface area contributed by atoms with Crippen molar-refractivity contribution in [2.75, 3.05) is 39.5 Å². The number of nitrogens with one attached hydrogen (secondary N) is 2. The van der Waals surface area contributed by atoms with Crippen molar-refractivity contribution in [3.63, 3.8) is 0 Å². The summed E-state index contributed by atoms with van der Waals surface area (Å²) in [5, 5.41) is 6.41. The van der Waals surface area contributed by atoms with E-state index in [2.05, 4.69) is 10.6 Å². The van der Waals surface area contributed by atoms with Crippen molar-refractivity contribution in [3.05, 3.63) is 0 Å². The van der Waals surface area contributed by atoms with Crippen molar-refractivity contribution in [2.45, 2.75) is 76.8 Å². The van der Waals surface area contributed by atoms with Crippen LogP contribution < -0.4 is 33.6 Å². The molecular formula is C18H44N6O2. The van der Waals surface area contributed by atoms with E-state index in [4.69, 9.17) is 32.4 Å². The van der Waals surface area contributed by atoms with Crippen LogP contribution in [0.15, 0.2) is 0 Å². The normalized spacial score (nSPS) is 15.2. The molecule has 0 saturated heterocycles. The number of hydrogen-bond acceptors (Lipinski definition) is 8. The molecule has 0 aromatic carbocycles. The van der Waals surface area contributed by atoms with Crippen molar-refractivity contribution in [2.24, 2.45) is 22.9 Å². The molecule has 0 aliphatic carbocycles. The van der Waals surface area contributed by atoms with E-state index in [1.54, 1.807) is 0 Å². The van der Waals surface area contributed by atoms with E-state index in [1.165, 1.54) is 0 Å². The highest BCUT2D eigenvalue weighted by molar-refractivity contribution is 4.77. The van der Waals surface area contributed by atoms with Crippen molar-refractivity contribution in [1.82, 2.24) is 10.6 Å². The zero-order valence-corrected chi connectivity index (χ0v) is 17.4. The first-order chi connectivity index (χ1) is 12.0. The second-order valence-electron chi connectivity index (χ2n) is 8.46. The topological polar surface area (TPSA) is 147 Å². The third-order valence-electron chi connectivity index (χ3n) is 3.61. The van der Waals surface area contributed by atoms with E-state index in [9.17, 15) is 0 Å². The van der Waals surface area contributed by atoms with Crippen LogP contribution in [0.2, 0.25) is 0 Å². The molecule has 0 fully saturated rings. The number of nitrogens with two attached hydrogens (primary N) is 4. The summed E-state index contributed by atoms with van der Waals surface area (Å²) in [5.41, 5.74) is 23.2. The molecule has 0 spiro atoms. The first-order valence-corrected chi connectivity index (χ1v) is 9.71. The SMILES string of the molecule is CC(C)(N)CNC(N)CCOCCCCOCCC(N)NCC(C)(C)N. The summed E-state index contributed by atoms with van der Waals surface area (Å²) in [5.74, 6) is 0. The Kier molecular flexibility index (Phi) is 13.6. The smallest absolute Gasteiger partial charge is 0.0569 e. The highest BCUT2D eigenvalue weighted by atomic mass is 16.5. The highest BCUT2D eigenvalue weighted by Gasteiger charge is 2.12. The van der Waals surface area contributed by atoms with E-state index >= 15 is 0 Å². The molecule has 0 aliphatic rings. The van der Waals surface area contributed by atoms with Crippen molar-refractivity contribution >= 4 is 0 Å². The number of ether oxygens (including phenoxy) is 2. The lowest BCUT2D eigenvalue weighted by molar-refractivity contribution is 0.0944. The minimum absolute atomic E-state index is 0.0798. The van der Waals surface area contributed by atoms with E-state index < -0.39 is 0 Å². The Bertz CT molecular complexity index is 299. The Hall–Kier alpha value is -0.320. The second kappa shape index (κ2) is 13.8. The average molecular weight is 377 g/mol. The molecule has 0 saturated carbocycles. The van der Waals surface area contributed by atoms with E-state index in [-0.39, 0.29) is 23.4 Å². The maximum Gasteiger partial charge on any atom is 0.0569 e. The molecule has 0 aromatic rings. The molecule has 0 bridgehead atoms. The van der Waals surface area contributed by atoms with Crippen LogP contribution in [0, 0.1) is 0 Å². The summed E-state index contributed by atoms with van der Waals surface area (Å²) in [6, 6.07) is 0. The number of rotatable bonds is 17. The molecule has 8 nitrogen and oxygen atoms in total. The number of hydrogen-bond donors (Lipinski definition) is 6. The highest BCUT2D eigenvalue weighted by Crippen LogP contribution is 1.98. The van der Waals surface area contributed by atoms with Crippen LogP contribution in [0.3, 0.4) is 0 Å². The van der Waals surface area contributed by atoms with Gasteiger partial charge in [0.1, 0.15) is 0 Å². The quantitative estimate of drug-likeness (QED) is 0.151. The molecule has 8 heteroatoms. The van der Waals surface area contributed by atoms with Gasteiger partial charge in [-0.25, -0.2) is 0 Å². The van der Waals surface area contributed by atoms with Crippen LogP contribution >= 0.6 is 0 Å². The summed E-state index contributed by atoms with van der Waals surface area (Å²) in [6.07, 6.45) is 3.34. The standard InChI is InChI=1S/C18H44N6O2/c1-17(2,21)13-23-15(19)7-11-25-9-5-6-10-26-12-8-16(20)24-14-18(3,4)22/h15-16,23-24H,5-14,19-22H2,1-4H3. The molecule has 0 aromatic heterocycles. The molecule has 26 heavy (non-hydrogen) atoms. The Labute approximate surface area is 160 Å². The van der Waals surface area contributed by atoms with Crippen LogP contribution in [0.5, 0.6) is 0 Å². The predicted molar refractivity (Wildman–Crippen MR) is 109 cm³/mol. The maximum absolute atomic E-state index is 5.96. The Morgan fingerprint density at radius 3 is 1.35 bits per heavy atom. The fourth-order valence-electron chi connectivity index (χ4n) is 2.03. The van der Waals surface area contributed by atoms with Gasteiger partial charge >= 0.3 is 0 Å². The van der Waals surface area contributed by atoms with Gasteiger partial charge in [0.25, 0.3) is 0 Å². The molecule has 0 radical (unpaired) electrons. The molecule has 0 heterocycles. The minimum Gasteiger partial charge on any atom is -0.381 e. The molecular weight excluding hydrogens is 332 g/mol. The summed E-state index contributed by atoms with van der Waals surface area (Å²) < 4.78 is 11.2. The van der Waals surface area contributed by atoms with Gasteiger partial charge in [-0.1, -0.05) is 0 Å². The van der Waals surface area contributed by atoms with Crippen LogP contribution in [-0.2, 0) is 9.47 Å². The summed E-state index contributed by atoms with van der Waals surface area (Å²) in [6.45, 7) is 12.0. The van der Waals surface area contributed by atoms with E-state index in [1.807, 2.05) is 27.7 Å². The lowest BCUT2D eigenvalue weighted by Crippen LogP contribution is -2.49. The van der Waals surface area contributed by atoms with E-state index in [0.717, 1.165) is 38.9 Å². The van der Waals surface area contributed by atoms with Crippen molar-refractivity contribution in [1.29, 1.82) is 0 Å². The van der Waals surface area contributed by atoms with Crippen LogP contribution in [0.4, 0.5) is 0 Å². The third-order valence-corrected chi connectivity index (χ3v) is 3.61. The predicted octanol–water partition coefficient (Wildman–Crippen LogP) is -0.197.